The molecule has 0 bridgehead atoms. The molecule has 1 fully saturated rings. The molecule has 1 saturated heterocycles. The van der Waals surface area contributed by atoms with Crippen molar-refractivity contribution in [1.29, 1.82) is 0 Å². The van der Waals surface area contributed by atoms with Crippen molar-refractivity contribution in [2.24, 2.45) is 0 Å². The largest absolute Gasteiger partial charge is 0.394 e. The predicted molar refractivity (Wildman–Crippen MR) is 82.3 cm³/mol. The van der Waals surface area contributed by atoms with Crippen LogP contribution in [0, 0.1) is 0 Å². The molecule has 116 valence electrons. The van der Waals surface area contributed by atoms with Crippen LogP contribution in [-0.4, -0.2) is 59.5 Å². The molecular weight excluding hydrogens is 288 g/mol. The third kappa shape index (κ3) is 4.04. The number of carbonyl (C=O) groups excluding carboxylic acids is 2. The van der Waals surface area contributed by atoms with Crippen molar-refractivity contribution in [3.63, 3.8) is 0 Å². The molecule has 6 heteroatoms. The molecule has 5 nitrogen and oxygen atoms in total. The molecule has 0 saturated carbocycles. The maximum Gasteiger partial charge on any atom is 0.264 e. The minimum atomic E-state index is -0.131. The fourth-order valence-corrected chi connectivity index (χ4v) is 3.37. The van der Waals surface area contributed by atoms with Crippen LogP contribution >= 0.6 is 11.3 Å². The van der Waals surface area contributed by atoms with Crippen LogP contribution < -0.4 is 0 Å². The Bertz CT molecular complexity index is 475. The first-order valence-corrected chi connectivity index (χ1v) is 8.20. The van der Waals surface area contributed by atoms with E-state index in [1.165, 1.54) is 16.2 Å². The van der Waals surface area contributed by atoms with Crippen molar-refractivity contribution >= 4 is 23.2 Å². The third-order valence-corrected chi connectivity index (χ3v) is 4.72. The third-order valence-electron chi connectivity index (χ3n) is 3.86. The number of thiophene rings is 1. The van der Waals surface area contributed by atoms with Crippen LogP contribution in [0.1, 0.15) is 35.4 Å². The highest BCUT2D eigenvalue weighted by Gasteiger charge is 2.26. The van der Waals surface area contributed by atoms with Gasteiger partial charge in [0.2, 0.25) is 5.91 Å². The normalized spacial score (nSPS) is 19.1. The van der Waals surface area contributed by atoms with Gasteiger partial charge in [-0.3, -0.25) is 9.59 Å². The number of likely N-dealkylation sites (tertiary alicyclic amines) is 1. The molecule has 1 N–H and O–H groups in total. The monoisotopic (exact) mass is 310 g/mol. The van der Waals surface area contributed by atoms with Gasteiger partial charge in [-0.1, -0.05) is 18.9 Å². The van der Waals surface area contributed by atoms with Crippen LogP contribution in [0.2, 0.25) is 0 Å². The first-order chi connectivity index (χ1) is 10.1. The van der Waals surface area contributed by atoms with Gasteiger partial charge in [0.25, 0.3) is 5.91 Å². The average Bonchev–Trinajstić information content (AvgIpc) is 2.90. The van der Waals surface area contributed by atoms with Gasteiger partial charge in [0.15, 0.2) is 0 Å². The second kappa shape index (κ2) is 7.56. The topological polar surface area (TPSA) is 60.9 Å². The molecule has 1 aliphatic heterocycles. The van der Waals surface area contributed by atoms with E-state index in [2.05, 4.69) is 0 Å². The summed E-state index contributed by atoms with van der Waals surface area (Å²) in [5.41, 5.74) is 0. The molecule has 1 atom stereocenters. The summed E-state index contributed by atoms with van der Waals surface area (Å²) < 4.78 is 0. The summed E-state index contributed by atoms with van der Waals surface area (Å²) in [7, 11) is 1.64. The first kappa shape index (κ1) is 16.0. The maximum absolute atomic E-state index is 12.4. The van der Waals surface area contributed by atoms with Crippen LogP contribution in [0.4, 0.5) is 0 Å². The zero-order valence-corrected chi connectivity index (χ0v) is 13.1. The van der Waals surface area contributed by atoms with E-state index in [0.29, 0.717) is 11.4 Å². The van der Waals surface area contributed by atoms with Crippen LogP contribution in [-0.2, 0) is 4.79 Å². The number of hydrogen-bond donors (Lipinski definition) is 1. The van der Waals surface area contributed by atoms with Gasteiger partial charge in [-0.15, -0.1) is 11.3 Å². The first-order valence-electron chi connectivity index (χ1n) is 7.32. The Morgan fingerprint density at radius 2 is 2.24 bits per heavy atom. The summed E-state index contributed by atoms with van der Waals surface area (Å²) in [5, 5.41) is 11.3. The summed E-state index contributed by atoms with van der Waals surface area (Å²) in [4.78, 5) is 28.4. The van der Waals surface area contributed by atoms with Gasteiger partial charge >= 0.3 is 0 Å². The van der Waals surface area contributed by atoms with E-state index in [9.17, 15) is 14.7 Å². The Kier molecular flexibility index (Phi) is 5.76. The number of carbonyl (C=O) groups is 2. The highest BCUT2D eigenvalue weighted by atomic mass is 32.1. The Labute approximate surface area is 129 Å². The molecule has 1 unspecified atom stereocenters. The summed E-state index contributed by atoms with van der Waals surface area (Å²) in [6.07, 6.45) is 3.93. The molecular formula is C15H22N2O3S. The maximum atomic E-state index is 12.4. The Balaban J connectivity index is 1.97. The van der Waals surface area contributed by atoms with E-state index in [1.54, 1.807) is 18.0 Å². The smallest absolute Gasteiger partial charge is 0.264 e. The van der Waals surface area contributed by atoms with Gasteiger partial charge in [0.05, 0.1) is 24.1 Å². The van der Waals surface area contributed by atoms with Gasteiger partial charge in [-0.05, 0) is 24.3 Å². The van der Waals surface area contributed by atoms with Gasteiger partial charge in [0, 0.05) is 13.6 Å². The second-order valence-corrected chi connectivity index (χ2v) is 6.36. The van der Waals surface area contributed by atoms with Crippen molar-refractivity contribution in [2.45, 2.75) is 31.7 Å². The highest BCUT2D eigenvalue weighted by molar-refractivity contribution is 7.12. The quantitative estimate of drug-likeness (QED) is 0.918. The molecule has 1 aliphatic rings. The molecule has 0 aliphatic carbocycles. The van der Waals surface area contributed by atoms with Crippen LogP contribution in [0.15, 0.2) is 17.5 Å². The molecule has 2 rings (SSSR count). The highest BCUT2D eigenvalue weighted by Crippen LogP contribution is 2.17. The van der Waals surface area contributed by atoms with Crippen molar-refractivity contribution in [3.05, 3.63) is 22.4 Å². The fraction of sp³-hybridized carbons (Fsp3) is 0.600. The summed E-state index contributed by atoms with van der Waals surface area (Å²) in [6, 6.07) is 3.48. The zero-order chi connectivity index (χ0) is 15.2. The second-order valence-electron chi connectivity index (χ2n) is 5.41. The molecule has 0 spiro atoms. The summed E-state index contributed by atoms with van der Waals surface area (Å²) in [6.45, 7) is 0.729. The lowest BCUT2D eigenvalue weighted by atomic mass is 10.1. The number of likely N-dealkylation sites (N-methyl/N-ethyl adjacent to an activating group) is 1. The predicted octanol–water partition coefficient (Wildman–Crippen LogP) is 1.58. The molecule has 21 heavy (non-hydrogen) atoms. The summed E-state index contributed by atoms with van der Waals surface area (Å²) in [5.74, 6) is -0.211. The van der Waals surface area contributed by atoms with E-state index < -0.39 is 0 Å². The van der Waals surface area contributed by atoms with Crippen LogP contribution in [0.3, 0.4) is 0 Å². The fourth-order valence-electron chi connectivity index (χ4n) is 2.65. The lowest BCUT2D eigenvalue weighted by Crippen LogP contribution is -2.47. The van der Waals surface area contributed by atoms with Gasteiger partial charge in [-0.25, -0.2) is 0 Å². The molecule has 1 aromatic heterocycles. The molecule has 1 aromatic rings. The minimum absolute atomic E-state index is 0.00563. The number of rotatable bonds is 4. The van der Waals surface area contributed by atoms with Crippen molar-refractivity contribution in [2.75, 3.05) is 26.7 Å². The van der Waals surface area contributed by atoms with E-state index >= 15 is 0 Å². The van der Waals surface area contributed by atoms with Gasteiger partial charge < -0.3 is 14.9 Å². The van der Waals surface area contributed by atoms with E-state index in [-0.39, 0.29) is 31.0 Å². The van der Waals surface area contributed by atoms with E-state index in [0.717, 1.165) is 25.7 Å². The molecule has 2 heterocycles. The Morgan fingerprint density at radius 3 is 2.90 bits per heavy atom. The van der Waals surface area contributed by atoms with Gasteiger partial charge in [-0.2, -0.15) is 0 Å². The molecule has 0 aromatic carbocycles. The average molecular weight is 310 g/mol. The number of amides is 2. The number of nitrogens with zero attached hydrogens (tertiary/aromatic N) is 2. The summed E-state index contributed by atoms with van der Waals surface area (Å²) >= 11 is 1.37. The molecule has 2 amide bonds. The van der Waals surface area contributed by atoms with Crippen molar-refractivity contribution in [3.8, 4) is 0 Å². The van der Waals surface area contributed by atoms with E-state index in [4.69, 9.17) is 0 Å². The van der Waals surface area contributed by atoms with E-state index in [1.807, 2.05) is 11.4 Å². The van der Waals surface area contributed by atoms with Crippen molar-refractivity contribution < 1.29 is 14.7 Å². The lowest BCUT2D eigenvalue weighted by molar-refractivity contribution is -0.134. The SMILES string of the molecule is CN(CC(=O)N1CCCCCC1CO)C(=O)c1cccs1. The zero-order valence-electron chi connectivity index (χ0n) is 12.3. The minimum Gasteiger partial charge on any atom is -0.394 e. The van der Waals surface area contributed by atoms with Crippen LogP contribution in [0.5, 0.6) is 0 Å². The number of hydrogen-bond acceptors (Lipinski definition) is 4. The molecule has 0 radical (unpaired) electrons. The van der Waals surface area contributed by atoms with Crippen molar-refractivity contribution in [1.82, 2.24) is 9.80 Å². The van der Waals surface area contributed by atoms with Crippen LogP contribution in [0.25, 0.3) is 0 Å². The Hall–Kier alpha value is -1.40. The van der Waals surface area contributed by atoms with Gasteiger partial charge in [0.1, 0.15) is 0 Å². The number of aliphatic hydroxyl groups excluding tert-OH is 1. The lowest BCUT2D eigenvalue weighted by Gasteiger charge is -2.30. The standard InChI is InChI=1S/C15H22N2O3S/c1-16(15(20)13-7-5-9-21-13)10-14(19)17-8-4-2-3-6-12(17)11-18/h5,7,9,12,18H,2-4,6,8,10-11H2,1H3. The Morgan fingerprint density at radius 1 is 1.43 bits per heavy atom. The number of aliphatic hydroxyl groups is 1.